The van der Waals surface area contributed by atoms with Gasteiger partial charge in [-0.1, -0.05) is 42.1 Å². The summed E-state index contributed by atoms with van der Waals surface area (Å²) >= 11 is 1.09. The summed E-state index contributed by atoms with van der Waals surface area (Å²) in [5, 5.41) is 11.1. The number of aryl methyl sites for hydroxylation is 1. The van der Waals surface area contributed by atoms with Crippen LogP contribution in [0.15, 0.2) is 59.6 Å². The lowest BCUT2D eigenvalue weighted by Crippen LogP contribution is -2.32. The van der Waals surface area contributed by atoms with Crippen molar-refractivity contribution >= 4 is 40.1 Å². The molecule has 0 radical (unpaired) electrons. The van der Waals surface area contributed by atoms with Gasteiger partial charge in [-0.15, -0.1) is 0 Å². The third kappa shape index (κ3) is 3.92. The van der Waals surface area contributed by atoms with Gasteiger partial charge in [-0.2, -0.15) is 5.26 Å². The number of hydrogen-bond donors (Lipinski definition) is 1. The van der Waals surface area contributed by atoms with Crippen molar-refractivity contribution in [2.24, 2.45) is 4.99 Å². The number of rotatable bonds is 3. The second-order valence-electron chi connectivity index (χ2n) is 5.71. The third-order valence-electron chi connectivity index (χ3n) is 3.77. The van der Waals surface area contributed by atoms with E-state index < -0.39 is 5.25 Å². The fraction of sp³-hybridized carbons (Fsp3) is 0.158. The van der Waals surface area contributed by atoms with E-state index in [1.54, 1.807) is 24.3 Å². The Kier molecular flexibility index (Phi) is 5.34. The van der Waals surface area contributed by atoms with Crippen LogP contribution >= 0.6 is 11.8 Å². The van der Waals surface area contributed by atoms with Crippen LogP contribution in [0.5, 0.6) is 0 Å². The first-order valence-corrected chi connectivity index (χ1v) is 8.85. The van der Waals surface area contributed by atoms with Crippen molar-refractivity contribution in [3.63, 3.8) is 0 Å². The van der Waals surface area contributed by atoms with Crippen LogP contribution in [-0.4, -0.2) is 22.2 Å². The molecular weight excluding hydrogens is 348 g/mol. The Morgan fingerprint density at radius 2 is 2.00 bits per heavy atom. The average Bonchev–Trinajstić information content (AvgIpc) is 2.89. The minimum Gasteiger partial charge on any atom is -0.274 e. The van der Waals surface area contributed by atoms with Gasteiger partial charge in [-0.25, -0.2) is 9.89 Å². The third-order valence-corrected chi connectivity index (χ3v) is 4.84. The highest BCUT2D eigenvalue weighted by molar-refractivity contribution is 8.15. The number of benzene rings is 2. The Morgan fingerprint density at radius 3 is 2.69 bits per heavy atom. The summed E-state index contributed by atoms with van der Waals surface area (Å²) in [5.74, 6) is -0.555. The summed E-state index contributed by atoms with van der Waals surface area (Å²) < 4.78 is 0. The van der Waals surface area contributed by atoms with Crippen LogP contribution in [0.25, 0.3) is 0 Å². The van der Waals surface area contributed by atoms with E-state index in [1.807, 2.05) is 43.4 Å². The summed E-state index contributed by atoms with van der Waals surface area (Å²) in [7, 11) is 0. The van der Waals surface area contributed by atoms with E-state index in [2.05, 4.69) is 10.3 Å². The Labute approximate surface area is 155 Å². The van der Waals surface area contributed by atoms with Gasteiger partial charge in [-0.05, 0) is 36.8 Å². The number of anilines is 1. The zero-order valence-corrected chi connectivity index (χ0v) is 14.9. The van der Waals surface area contributed by atoms with E-state index in [4.69, 9.17) is 5.26 Å². The molecule has 0 aromatic heterocycles. The molecule has 0 saturated carbocycles. The van der Waals surface area contributed by atoms with Crippen LogP contribution in [0.1, 0.15) is 12.0 Å². The lowest BCUT2D eigenvalue weighted by molar-refractivity contribution is -0.121. The van der Waals surface area contributed by atoms with E-state index in [1.165, 1.54) is 4.90 Å². The molecular formula is C19H16N4O2S. The molecule has 2 aromatic carbocycles. The maximum absolute atomic E-state index is 12.7. The van der Waals surface area contributed by atoms with Gasteiger partial charge in [0.25, 0.3) is 0 Å². The predicted octanol–water partition coefficient (Wildman–Crippen LogP) is 3.12. The largest absolute Gasteiger partial charge is 0.274 e. The SMILES string of the molecule is Cc1cccc(N2C(=O)CC(SC(=Nc3ccccc3)NC#N)C2=O)c1. The molecule has 0 spiro atoms. The number of para-hydroxylation sites is 1. The number of imide groups is 1. The number of carbonyl (C=O) groups excluding carboxylic acids is 2. The van der Waals surface area contributed by atoms with Gasteiger partial charge in [0.1, 0.15) is 5.25 Å². The predicted molar refractivity (Wildman–Crippen MR) is 102 cm³/mol. The highest BCUT2D eigenvalue weighted by Gasteiger charge is 2.40. The van der Waals surface area contributed by atoms with Gasteiger partial charge in [-0.3, -0.25) is 14.9 Å². The molecule has 2 aromatic rings. The summed E-state index contributed by atoms with van der Waals surface area (Å²) in [6.45, 7) is 1.90. The maximum Gasteiger partial charge on any atom is 0.247 e. The van der Waals surface area contributed by atoms with E-state index in [-0.39, 0.29) is 23.4 Å². The van der Waals surface area contributed by atoms with Crippen LogP contribution in [0.4, 0.5) is 11.4 Å². The Morgan fingerprint density at radius 1 is 1.23 bits per heavy atom. The summed E-state index contributed by atoms with van der Waals surface area (Å²) in [5.41, 5.74) is 2.19. The molecule has 2 amide bonds. The van der Waals surface area contributed by atoms with Crippen molar-refractivity contribution in [2.45, 2.75) is 18.6 Å². The Balaban J connectivity index is 1.81. The van der Waals surface area contributed by atoms with E-state index in [0.29, 0.717) is 11.4 Å². The molecule has 1 atom stereocenters. The number of carbonyl (C=O) groups is 2. The highest BCUT2D eigenvalue weighted by atomic mass is 32.2. The van der Waals surface area contributed by atoms with Crippen molar-refractivity contribution in [1.29, 1.82) is 5.26 Å². The number of nitrogens with one attached hydrogen (secondary N) is 1. The van der Waals surface area contributed by atoms with Crippen molar-refractivity contribution in [1.82, 2.24) is 5.32 Å². The van der Waals surface area contributed by atoms with Crippen molar-refractivity contribution in [3.8, 4) is 6.19 Å². The molecule has 0 aliphatic carbocycles. The quantitative estimate of drug-likeness (QED) is 0.297. The zero-order chi connectivity index (χ0) is 18.5. The number of hydrogen-bond acceptors (Lipinski definition) is 5. The van der Waals surface area contributed by atoms with Crippen LogP contribution in [0.2, 0.25) is 0 Å². The van der Waals surface area contributed by atoms with E-state index >= 15 is 0 Å². The van der Waals surface area contributed by atoms with Gasteiger partial charge in [0.05, 0.1) is 11.4 Å². The first kappa shape index (κ1) is 17.7. The number of nitrogens with zero attached hydrogens (tertiary/aromatic N) is 3. The summed E-state index contributed by atoms with van der Waals surface area (Å²) in [6, 6.07) is 16.4. The molecule has 1 aliphatic heterocycles. The van der Waals surface area contributed by atoms with Crippen LogP contribution in [0.3, 0.4) is 0 Å². The number of nitriles is 1. The van der Waals surface area contributed by atoms with Gasteiger partial charge < -0.3 is 0 Å². The average molecular weight is 364 g/mol. The van der Waals surface area contributed by atoms with Crippen molar-refractivity contribution < 1.29 is 9.59 Å². The smallest absolute Gasteiger partial charge is 0.247 e. The van der Waals surface area contributed by atoms with Gasteiger partial charge in [0.2, 0.25) is 11.8 Å². The van der Waals surface area contributed by atoms with Crippen molar-refractivity contribution in [3.05, 3.63) is 60.2 Å². The topological polar surface area (TPSA) is 85.6 Å². The number of amidine groups is 1. The monoisotopic (exact) mass is 364 g/mol. The number of amides is 2. The maximum atomic E-state index is 12.7. The first-order valence-electron chi connectivity index (χ1n) is 7.97. The van der Waals surface area contributed by atoms with Gasteiger partial charge in [0, 0.05) is 6.42 Å². The van der Waals surface area contributed by atoms with Crippen LogP contribution in [-0.2, 0) is 9.59 Å². The van der Waals surface area contributed by atoms with E-state index in [9.17, 15) is 9.59 Å². The fourth-order valence-corrected chi connectivity index (χ4v) is 3.58. The molecule has 0 bridgehead atoms. The first-order chi connectivity index (χ1) is 12.6. The van der Waals surface area contributed by atoms with E-state index in [0.717, 1.165) is 17.3 Å². The molecule has 1 saturated heterocycles. The zero-order valence-electron chi connectivity index (χ0n) is 14.0. The standard InChI is InChI=1S/C19H16N4O2S/c1-13-6-5-9-15(10-13)23-17(24)11-16(18(23)25)26-19(21-12-20)22-14-7-3-2-4-8-14/h2-10,16H,11H2,1H3,(H,21,22). The van der Waals surface area contributed by atoms with Gasteiger partial charge in [0.15, 0.2) is 11.4 Å². The molecule has 26 heavy (non-hydrogen) atoms. The second kappa shape index (κ2) is 7.85. The lowest BCUT2D eigenvalue weighted by atomic mass is 10.2. The highest BCUT2D eigenvalue weighted by Crippen LogP contribution is 2.31. The van der Waals surface area contributed by atoms with Gasteiger partial charge >= 0.3 is 0 Å². The fourth-order valence-electron chi connectivity index (χ4n) is 2.62. The number of aliphatic imine (C=N–C) groups is 1. The number of thioether (sulfide) groups is 1. The molecule has 1 aliphatic rings. The minimum atomic E-state index is -0.619. The summed E-state index contributed by atoms with van der Waals surface area (Å²) in [4.78, 5) is 30.7. The Bertz CT molecular complexity index is 905. The molecule has 1 heterocycles. The minimum absolute atomic E-state index is 0.0678. The molecule has 1 N–H and O–H groups in total. The summed E-state index contributed by atoms with van der Waals surface area (Å²) in [6.07, 6.45) is 1.89. The molecule has 3 rings (SSSR count). The Hall–Kier alpha value is -3.11. The molecule has 7 heteroatoms. The van der Waals surface area contributed by atoms with Crippen LogP contribution < -0.4 is 10.2 Å². The second-order valence-corrected chi connectivity index (χ2v) is 6.90. The molecule has 130 valence electrons. The molecule has 6 nitrogen and oxygen atoms in total. The molecule has 1 fully saturated rings. The normalized spacial score (nSPS) is 17.3. The van der Waals surface area contributed by atoms with Crippen molar-refractivity contribution in [2.75, 3.05) is 4.90 Å². The molecule has 1 unspecified atom stereocenters. The lowest BCUT2D eigenvalue weighted by Gasteiger charge is -2.15. The van der Waals surface area contributed by atoms with Crippen LogP contribution in [0, 0.1) is 18.4 Å².